The second-order valence-electron chi connectivity index (χ2n) is 5.76. The minimum absolute atomic E-state index is 0.0271. The van der Waals surface area contributed by atoms with Gasteiger partial charge in [0.25, 0.3) is 0 Å². The number of carbonyl (C=O) groups is 1. The molecule has 0 spiro atoms. The van der Waals surface area contributed by atoms with Gasteiger partial charge in [0.05, 0.1) is 0 Å². The van der Waals surface area contributed by atoms with Crippen molar-refractivity contribution in [2.75, 3.05) is 6.54 Å². The van der Waals surface area contributed by atoms with Crippen molar-refractivity contribution in [3.8, 4) is 11.5 Å². The van der Waals surface area contributed by atoms with E-state index < -0.39 is 5.41 Å². The third-order valence-electron chi connectivity index (χ3n) is 2.86. The molecule has 0 aliphatic carbocycles. The minimum atomic E-state index is -0.423. The first-order valence-corrected chi connectivity index (χ1v) is 6.73. The molecule has 21 heavy (non-hydrogen) atoms. The fourth-order valence-electron chi connectivity index (χ4n) is 1.61. The van der Waals surface area contributed by atoms with Gasteiger partial charge in [-0.05, 0) is 24.3 Å². The maximum absolute atomic E-state index is 12.8. The Morgan fingerprint density at radius 3 is 2.52 bits per heavy atom. The van der Waals surface area contributed by atoms with Crippen LogP contribution in [0.5, 0.6) is 0 Å². The smallest absolute Gasteiger partial charge is 0.247 e. The van der Waals surface area contributed by atoms with Gasteiger partial charge in [-0.3, -0.25) is 4.79 Å². The molecule has 2 aromatic rings. The van der Waals surface area contributed by atoms with Crippen LogP contribution < -0.4 is 5.32 Å². The van der Waals surface area contributed by atoms with E-state index in [1.165, 1.54) is 12.1 Å². The summed E-state index contributed by atoms with van der Waals surface area (Å²) >= 11 is 0. The van der Waals surface area contributed by atoms with Crippen molar-refractivity contribution in [2.24, 2.45) is 5.41 Å². The molecule has 0 fully saturated rings. The van der Waals surface area contributed by atoms with Gasteiger partial charge in [0.1, 0.15) is 5.82 Å². The van der Waals surface area contributed by atoms with Gasteiger partial charge in [-0.15, -0.1) is 10.2 Å². The number of nitrogens with zero attached hydrogens (tertiary/aromatic N) is 2. The lowest BCUT2D eigenvalue weighted by Crippen LogP contribution is -2.35. The molecule has 0 saturated carbocycles. The number of carbonyl (C=O) groups excluding carboxylic acids is 1. The summed E-state index contributed by atoms with van der Waals surface area (Å²) < 4.78 is 18.3. The Morgan fingerprint density at radius 2 is 1.90 bits per heavy atom. The van der Waals surface area contributed by atoms with Crippen LogP contribution in [0.3, 0.4) is 0 Å². The normalized spacial score (nSPS) is 11.4. The zero-order valence-electron chi connectivity index (χ0n) is 12.3. The summed E-state index contributed by atoms with van der Waals surface area (Å²) in [6, 6.07) is 5.83. The molecule has 1 amide bonds. The van der Waals surface area contributed by atoms with Crippen LogP contribution in [0.1, 0.15) is 26.7 Å². The second-order valence-corrected chi connectivity index (χ2v) is 5.76. The lowest BCUT2D eigenvalue weighted by atomic mass is 9.96. The Kier molecular flexibility index (Phi) is 4.35. The van der Waals surface area contributed by atoms with Crippen LogP contribution in [-0.2, 0) is 11.2 Å². The molecule has 2 rings (SSSR count). The highest BCUT2D eigenvalue weighted by Gasteiger charge is 2.20. The van der Waals surface area contributed by atoms with E-state index in [1.807, 2.05) is 20.8 Å². The van der Waals surface area contributed by atoms with Crippen LogP contribution in [0.25, 0.3) is 11.5 Å². The van der Waals surface area contributed by atoms with Crippen molar-refractivity contribution in [2.45, 2.75) is 27.2 Å². The quantitative estimate of drug-likeness (QED) is 0.940. The number of aromatic nitrogens is 2. The molecule has 1 N–H and O–H groups in total. The van der Waals surface area contributed by atoms with Crippen LogP contribution in [0.4, 0.5) is 4.39 Å². The summed E-state index contributed by atoms with van der Waals surface area (Å²) in [4.78, 5) is 11.7. The van der Waals surface area contributed by atoms with E-state index in [0.29, 0.717) is 30.3 Å². The molecule has 0 saturated heterocycles. The van der Waals surface area contributed by atoms with E-state index in [-0.39, 0.29) is 11.7 Å². The first-order valence-electron chi connectivity index (χ1n) is 6.73. The number of amides is 1. The average Bonchev–Trinajstić information content (AvgIpc) is 2.87. The number of rotatable bonds is 4. The Labute approximate surface area is 122 Å². The molecule has 0 bridgehead atoms. The number of hydrogen-bond donors (Lipinski definition) is 1. The van der Waals surface area contributed by atoms with E-state index in [4.69, 9.17) is 4.42 Å². The molecule has 0 aliphatic heterocycles. The average molecular weight is 291 g/mol. The molecule has 0 aliphatic rings. The summed E-state index contributed by atoms with van der Waals surface area (Å²) in [6.07, 6.45) is 0.454. The molecule has 1 aromatic heterocycles. The van der Waals surface area contributed by atoms with Crippen LogP contribution >= 0.6 is 0 Å². The second kappa shape index (κ2) is 6.03. The van der Waals surface area contributed by atoms with Gasteiger partial charge in [0, 0.05) is 23.9 Å². The lowest BCUT2D eigenvalue weighted by molar-refractivity contribution is -0.128. The molecule has 0 radical (unpaired) electrons. The standard InChI is InChI=1S/C15H18FN3O2/c1-15(2,3)14(20)17-9-8-12-18-19-13(21-12)10-4-6-11(16)7-5-10/h4-7H,8-9H2,1-3H3,(H,17,20). The first-order chi connectivity index (χ1) is 9.86. The predicted molar refractivity (Wildman–Crippen MR) is 75.9 cm³/mol. The summed E-state index contributed by atoms with van der Waals surface area (Å²) in [5, 5.41) is 10.6. The molecule has 1 aromatic carbocycles. The van der Waals surface area contributed by atoms with Gasteiger partial charge in [0.15, 0.2) is 0 Å². The molecule has 1 heterocycles. The van der Waals surface area contributed by atoms with Crippen LogP contribution in [0.15, 0.2) is 28.7 Å². The van der Waals surface area contributed by atoms with Gasteiger partial charge >= 0.3 is 0 Å². The third-order valence-corrected chi connectivity index (χ3v) is 2.86. The number of halogens is 1. The van der Waals surface area contributed by atoms with Crippen molar-refractivity contribution in [3.05, 3.63) is 36.0 Å². The number of nitrogens with one attached hydrogen (secondary N) is 1. The molecular formula is C15H18FN3O2. The Hall–Kier alpha value is -2.24. The summed E-state index contributed by atoms with van der Waals surface area (Å²) in [6.45, 7) is 5.98. The largest absolute Gasteiger partial charge is 0.421 e. The number of hydrogen-bond acceptors (Lipinski definition) is 4. The Bertz CT molecular complexity index is 615. The number of benzene rings is 1. The van der Waals surface area contributed by atoms with Crippen LogP contribution in [0, 0.1) is 11.2 Å². The minimum Gasteiger partial charge on any atom is -0.421 e. The fraction of sp³-hybridized carbons (Fsp3) is 0.400. The van der Waals surface area contributed by atoms with Gasteiger partial charge in [-0.1, -0.05) is 20.8 Å². The van der Waals surface area contributed by atoms with Gasteiger partial charge in [-0.25, -0.2) is 4.39 Å². The highest BCUT2D eigenvalue weighted by molar-refractivity contribution is 5.81. The van der Waals surface area contributed by atoms with Crippen molar-refractivity contribution in [3.63, 3.8) is 0 Å². The van der Waals surface area contributed by atoms with E-state index in [1.54, 1.807) is 12.1 Å². The van der Waals surface area contributed by atoms with Gasteiger partial charge in [-0.2, -0.15) is 0 Å². The molecule has 112 valence electrons. The van der Waals surface area contributed by atoms with Gasteiger partial charge < -0.3 is 9.73 Å². The summed E-state index contributed by atoms with van der Waals surface area (Å²) in [5.41, 5.74) is 0.238. The maximum atomic E-state index is 12.8. The summed E-state index contributed by atoms with van der Waals surface area (Å²) in [7, 11) is 0. The van der Waals surface area contributed by atoms with Gasteiger partial charge in [0.2, 0.25) is 17.7 Å². The van der Waals surface area contributed by atoms with E-state index in [2.05, 4.69) is 15.5 Å². The zero-order valence-corrected chi connectivity index (χ0v) is 12.3. The SMILES string of the molecule is CC(C)(C)C(=O)NCCc1nnc(-c2ccc(F)cc2)o1. The molecule has 0 unspecified atom stereocenters. The molecule has 6 heteroatoms. The van der Waals surface area contributed by atoms with Crippen molar-refractivity contribution >= 4 is 5.91 Å². The lowest BCUT2D eigenvalue weighted by Gasteiger charge is -2.16. The molecular weight excluding hydrogens is 273 g/mol. The highest BCUT2D eigenvalue weighted by atomic mass is 19.1. The summed E-state index contributed by atoms with van der Waals surface area (Å²) in [5.74, 6) is 0.430. The third kappa shape index (κ3) is 4.11. The molecule has 5 nitrogen and oxygen atoms in total. The topological polar surface area (TPSA) is 68.0 Å². The zero-order chi connectivity index (χ0) is 15.5. The van der Waals surface area contributed by atoms with Crippen molar-refractivity contribution < 1.29 is 13.6 Å². The Morgan fingerprint density at radius 1 is 1.24 bits per heavy atom. The monoisotopic (exact) mass is 291 g/mol. The van der Waals surface area contributed by atoms with E-state index in [9.17, 15) is 9.18 Å². The first kappa shape index (κ1) is 15.2. The fourth-order valence-corrected chi connectivity index (χ4v) is 1.61. The van der Waals surface area contributed by atoms with E-state index >= 15 is 0 Å². The van der Waals surface area contributed by atoms with Crippen LogP contribution in [0.2, 0.25) is 0 Å². The molecule has 0 atom stereocenters. The maximum Gasteiger partial charge on any atom is 0.247 e. The predicted octanol–water partition coefficient (Wildman–Crippen LogP) is 2.58. The van der Waals surface area contributed by atoms with Crippen LogP contribution in [-0.4, -0.2) is 22.6 Å². The Balaban J connectivity index is 1.92. The highest BCUT2D eigenvalue weighted by Crippen LogP contribution is 2.18. The van der Waals surface area contributed by atoms with Crippen molar-refractivity contribution in [1.29, 1.82) is 0 Å². The van der Waals surface area contributed by atoms with E-state index in [0.717, 1.165) is 0 Å². The van der Waals surface area contributed by atoms with Crippen molar-refractivity contribution in [1.82, 2.24) is 15.5 Å².